The Bertz CT molecular complexity index is 815. The highest BCUT2D eigenvalue weighted by atomic mass is 32.1. The van der Waals surface area contributed by atoms with Gasteiger partial charge in [-0.25, -0.2) is 4.68 Å². The summed E-state index contributed by atoms with van der Waals surface area (Å²) >= 11 is 1.73. The number of hydrogen-bond acceptors (Lipinski definition) is 3. The molecule has 4 heteroatoms. The number of aryl methyl sites for hydroxylation is 1. The summed E-state index contributed by atoms with van der Waals surface area (Å²) < 4.78 is 1.92. The molecule has 22 heavy (non-hydrogen) atoms. The zero-order chi connectivity index (χ0) is 15.1. The van der Waals surface area contributed by atoms with Crippen molar-refractivity contribution in [3.8, 4) is 5.69 Å². The van der Waals surface area contributed by atoms with E-state index in [1.807, 2.05) is 4.68 Å². The Hall–Kier alpha value is -2.20. The predicted molar refractivity (Wildman–Crippen MR) is 88.0 cm³/mol. The van der Waals surface area contributed by atoms with Gasteiger partial charge in [0.15, 0.2) is 5.78 Å². The van der Waals surface area contributed by atoms with E-state index in [1.165, 1.54) is 10.4 Å². The lowest BCUT2D eigenvalue weighted by Gasteiger charge is -2.21. The van der Waals surface area contributed by atoms with Crippen LogP contribution >= 0.6 is 11.3 Å². The standard InChI is InChI=1S/C18H16N2OS/c1-12-4-6-14(7-5-12)20-16-9-13(18-3-2-8-22-18)10-17(21)15(16)11-19-20/h2-8,11,13H,9-10H2,1H3/t13-/m1/s1. The molecule has 3 aromatic rings. The van der Waals surface area contributed by atoms with Crippen LogP contribution in [0.4, 0.5) is 0 Å². The van der Waals surface area contributed by atoms with E-state index in [0.29, 0.717) is 6.42 Å². The smallest absolute Gasteiger partial charge is 0.166 e. The summed E-state index contributed by atoms with van der Waals surface area (Å²) in [6.45, 7) is 2.07. The summed E-state index contributed by atoms with van der Waals surface area (Å²) in [5.41, 5.74) is 4.07. The van der Waals surface area contributed by atoms with Gasteiger partial charge < -0.3 is 0 Å². The second-order valence-electron chi connectivity index (χ2n) is 5.80. The van der Waals surface area contributed by atoms with Crippen molar-refractivity contribution >= 4 is 17.1 Å². The molecule has 1 aromatic carbocycles. The molecular formula is C18H16N2OS. The zero-order valence-corrected chi connectivity index (χ0v) is 13.1. The first-order valence-electron chi connectivity index (χ1n) is 7.43. The molecule has 0 radical (unpaired) electrons. The SMILES string of the molecule is Cc1ccc(-n2ncc3c2C[C@@H](c2cccs2)CC3=O)cc1. The van der Waals surface area contributed by atoms with Crippen molar-refractivity contribution in [2.45, 2.75) is 25.7 Å². The van der Waals surface area contributed by atoms with Gasteiger partial charge in [-0.15, -0.1) is 11.3 Å². The summed E-state index contributed by atoms with van der Waals surface area (Å²) in [5.74, 6) is 0.485. The van der Waals surface area contributed by atoms with Crippen molar-refractivity contribution in [2.24, 2.45) is 0 Å². The van der Waals surface area contributed by atoms with Gasteiger partial charge in [-0.3, -0.25) is 4.79 Å². The number of hydrogen-bond donors (Lipinski definition) is 0. The second kappa shape index (κ2) is 5.21. The fourth-order valence-corrected chi connectivity index (χ4v) is 3.91. The predicted octanol–water partition coefficient (Wildman–Crippen LogP) is 4.15. The van der Waals surface area contributed by atoms with Gasteiger partial charge in [0, 0.05) is 17.2 Å². The van der Waals surface area contributed by atoms with E-state index < -0.39 is 0 Å². The van der Waals surface area contributed by atoms with Crippen molar-refractivity contribution in [3.05, 3.63) is 69.7 Å². The minimum atomic E-state index is 0.206. The van der Waals surface area contributed by atoms with E-state index in [-0.39, 0.29) is 11.7 Å². The topological polar surface area (TPSA) is 34.9 Å². The van der Waals surface area contributed by atoms with Crippen LogP contribution in [0, 0.1) is 6.92 Å². The van der Waals surface area contributed by atoms with Crippen molar-refractivity contribution in [3.63, 3.8) is 0 Å². The van der Waals surface area contributed by atoms with Crippen LogP contribution in [-0.4, -0.2) is 15.6 Å². The van der Waals surface area contributed by atoms with Crippen molar-refractivity contribution in [2.75, 3.05) is 0 Å². The quantitative estimate of drug-likeness (QED) is 0.712. The Labute approximate surface area is 133 Å². The molecule has 1 aliphatic carbocycles. The van der Waals surface area contributed by atoms with Crippen LogP contribution in [0.5, 0.6) is 0 Å². The number of aromatic nitrogens is 2. The summed E-state index contributed by atoms with van der Waals surface area (Å²) in [7, 11) is 0. The largest absolute Gasteiger partial charge is 0.294 e. The van der Waals surface area contributed by atoms with E-state index in [1.54, 1.807) is 17.5 Å². The third-order valence-electron chi connectivity index (χ3n) is 4.26. The van der Waals surface area contributed by atoms with Crippen LogP contribution in [0.15, 0.2) is 48.0 Å². The van der Waals surface area contributed by atoms with Gasteiger partial charge in [-0.05, 0) is 36.9 Å². The lowest BCUT2D eigenvalue weighted by Crippen LogP contribution is -2.19. The molecule has 3 nitrogen and oxygen atoms in total. The number of nitrogens with zero attached hydrogens (tertiary/aromatic N) is 2. The molecule has 0 bridgehead atoms. The maximum atomic E-state index is 12.4. The molecule has 0 aliphatic heterocycles. The highest BCUT2D eigenvalue weighted by molar-refractivity contribution is 7.10. The lowest BCUT2D eigenvalue weighted by molar-refractivity contribution is 0.0964. The van der Waals surface area contributed by atoms with Gasteiger partial charge in [-0.2, -0.15) is 5.10 Å². The van der Waals surface area contributed by atoms with Crippen LogP contribution in [-0.2, 0) is 6.42 Å². The summed E-state index contributed by atoms with van der Waals surface area (Å²) in [5, 5.41) is 6.54. The third kappa shape index (κ3) is 2.20. The fourth-order valence-electron chi connectivity index (χ4n) is 3.08. The monoisotopic (exact) mass is 308 g/mol. The van der Waals surface area contributed by atoms with Gasteiger partial charge in [0.25, 0.3) is 0 Å². The van der Waals surface area contributed by atoms with Crippen LogP contribution in [0.1, 0.15) is 38.8 Å². The molecule has 4 rings (SSSR count). The molecule has 0 unspecified atom stereocenters. The Morgan fingerprint density at radius 2 is 2.00 bits per heavy atom. The molecule has 0 amide bonds. The summed E-state index contributed by atoms with van der Waals surface area (Å²) in [6, 6.07) is 12.4. The molecule has 2 heterocycles. The van der Waals surface area contributed by atoms with E-state index in [2.05, 4.69) is 53.8 Å². The van der Waals surface area contributed by atoms with Crippen LogP contribution < -0.4 is 0 Å². The first-order valence-corrected chi connectivity index (χ1v) is 8.31. The number of benzene rings is 1. The zero-order valence-electron chi connectivity index (χ0n) is 12.3. The third-order valence-corrected chi connectivity index (χ3v) is 5.30. The van der Waals surface area contributed by atoms with E-state index in [0.717, 1.165) is 23.4 Å². The van der Waals surface area contributed by atoms with Crippen LogP contribution in [0.2, 0.25) is 0 Å². The van der Waals surface area contributed by atoms with Crippen LogP contribution in [0.3, 0.4) is 0 Å². The first kappa shape index (κ1) is 13.5. The van der Waals surface area contributed by atoms with Crippen molar-refractivity contribution in [1.82, 2.24) is 9.78 Å². The summed E-state index contributed by atoms with van der Waals surface area (Å²) in [6.07, 6.45) is 3.19. The molecule has 1 aliphatic rings. The number of ketones is 1. The molecule has 110 valence electrons. The maximum absolute atomic E-state index is 12.4. The second-order valence-corrected chi connectivity index (χ2v) is 6.78. The fraction of sp³-hybridized carbons (Fsp3) is 0.222. The highest BCUT2D eigenvalue weighted by Gasteiger charge is 2.30. The van der Waals surface area contributed by atoms with Gasteiger partial charge >= 0.3 is 0 Å². The highest BCUT2D eigenvalue weighted by Crippen LogP contribution is 2.35. The average Bonchev–Trinajstić information content (AvgIpc) is 3.17. The van der Waals surface area contributed by atoms with E-state index in [9.17, 15) is 4.79 Å². The van der Waals surface area contributed by atoms with Gasteiger partial charge in [0.2, 0.25) is 0 Å². The van der Waals surface area contributed by atoms with Gasteiger partial charge in [-0.1, -0.05) is 23.8 Å². The lowest BCUT2D eigenvalue weighted by atomic mass is 9.86. The number of carbonyl (C=O) groups is 1. The van der Waals surface area contributed by atoms with Gasteiger partial charge in [0.05, 0.1) is 23.1 Å². The maximum Gasteiger partial charge on any atom is 0.166 e. The minimum Gasteiger partial charge on any atom is -0.294 e. The number of Topliss-reactive ketones (excluding diaryl/α,β-unsaturated/α-hetero) is 1. The Kier molecular flexibility index (Phi) is 3.19. The minimum absolute atomic E-state index is 0.206. The Morgan fingerprint density at radius 3 is 2.73 bits per heavy atom. The molecular weight excluding hydrogens is 292 g/mol. The van der Waals surface area contributed by atoms with E-state index >= 15 is 0 Å². The number of carbonyl (C=O) groups excluding carboxylic acids is 1. The number of rotatable bonds is 2. The molecule has 0 spiro atoms. The summed E-state index contributed by atoms with van der Waals surface area (Å²) in [4.78, 5) is 13.7. The molecule has 0 N–H and O–H groups in total. The van der Waals surface area contributed by atoms with Crippen LogP contribution in [0.25, 0.3) is 5.69 Å². The molecule has 1 atom stereocenters. The molecule has 0 saturated heterocycles. The average molecular weight is 308 g/mol. The number of thiophene rings is 1. The molecule has 0 saturated carbocycles. The van der Waals surface area contributed by atoms with Crippen molar-refractivity contribution < 1.29 is 4.79 Å². The first-order chi connectivity index (χ1) is 10.7. The molecule has 0 fully saturated rings. The Balaban J connectivity index is 1.76. The molecule has 2 aromatic heterocycles. The van der Waals surface area contributed by atoms with Crippen molar-refractivity contribution in [1.29, 1.82) is 0 Å². The van der Waals surface area contributed by atoms with E-state index in [4.69, 9.17) is 0 Å². The van der Waals surface area contributed by atoms with Gasteiger partial charge in [0.1, 0.15) is 0 Å². The number of fused-ring (bicyclic) bond motifs is 1. The normalized spacial score (nSPS) is 17.5. The Morgan fingerprint density at radius 1 is 1.18 bits per heavy atom.